The Hall–Kier alpha value is -0.550. The van der Waals surface area contributed by atoms with E-state index in [0.717, 1.165) is 0 Å². The molecule has 0 aliphatic carbocycles. The molecular weight excluding hydrogens is 271 g/mol. The summed E-state index contributed by atoms with van der Waals surface area (Å²) in [6.45, 7) is 0. The molecule has 0 atom stereocenters. The fourth-order valence-corrected chi connectivity index (χ4v) is 1.04. The van der Waals surface area contributed by atoms with Crippen LogP contribution in [0.5, 0.6) is 0 Å². The van der Waals surface area contributed by atoms with E-state index in [1.165, 1.54) is 18.2 Å². The second-order valence-electron chi connectivity index (χ2n) is 2.53. The maximum atomic E-state index is 12.3. The summed E-state index contributed by atoms with van der Waals surface area (Å²) in [6, 6.07) is 3.92. The van der Waals surface area contributed by atoms with Gasteiger partial charge in [0.2, 0.25) is 0 Å². The second kappa shape index (κ2) is 6.84. The van der Waals surface area contributed by atoms with Gasteiger partial charge in [-0.25, -0.2) is 4.39 Å². The minimum atomic E-state index is -0.611. The maximum Gasteiger partial charge on any atom is 0.151 e. The van der Waals surface area contributed by atoms with Crippen LogP contribution in [0, 0.1) is 5.82 Å². The highest BCUT2D eigenvalue weighted by Crippen LogP contribution is 2.15. The lowest BCUT2D eigenvalue weighted by molar-refractivity contribution is 0.112. The number of carbonyl (C=O) groups excluding carboxylic acids is 1. The zero-order valence-corrected chi connectivity index (χ0v) is 10.2. The minimum absolute atomic E-state index is 0.350. The van der Waals surface area contributed by atoms with Crippen molar-refractivity contribution in [3.05, 3.63) is 34.1 Å². The van der Waals surface area contributed by atoms with Crippen LogP contribution in [0.15, 0.2) is 22.7 Å². The van der Waals surface area contributed by atoms with Gasteiger partial charge in [-0.05, 0) is 34.1 Å². The molecule has 5 heteroatoms. The maximum absolute atomic E-state index is 12.3. The van der Waals surface area contributed by atoms with Gasteiger partial charge >= 0.3 is 0 Å². The van der Waals surface area contributed by atoms with Crippen LogP contribution in [0.1, 0.15) is 10.4 Å². The van der Waals surface area contributed by atoms with Crippen LogP contribution in [0.4, 0.5) is 4.39 Å². The molecule has 0 N–H and O–H groups in total. The molecule has 0 heterocycles. The summed E-state index contributed by atoms with van der Waals surface area (Å²) in [5, 5.41) is 0. The van der Waals surface area contributed by atoms with E-state index in [4.69, 9.17) is 0 Å². The van der Waals surface area contributed by atoms with E-state index in [2.05, 4.69) is 15.9 Å². The monoisotopic (exact) mass is 280 g/mol. The van der Waals surface area contributed by atoms with Gasteiger partial charge in [0.05, 0.1) is 0 Å². The van der Waals surface area contributed by atoms with Crippen LogP contribution in [0.25, 0.3) is 0 Å². The number of carbonyl (C=O) groups is 1. The normalized spacial score (nSPS) is 9.21. The molecule has 0 aromatic heterocycles. The summed E-state index contributed by atoms with van der Waals surface area (Å²) in [6.07, 6.45) is 3.95. The van der Waals surface area contributed by atoms with Crippen molar-refractivity contribution in [2.24, 2.45) is 0 Å². The standard InChI is InChI=1S/C7H4BrFO.C2H6OS/c8-7-3-6(9)2-1-5(7)4-10;1-4(2)3/h1-4H;1-2H3. The van der Waals surface area contributed by atoms with E-state index in [1.807, 2.05) is 0 Å². The van der Waals surface area contributed by atoms with Crippen molar-refractivity contribution in [2.45, 2.75) is 0 Å². The molecule has 1 aromatic carbocycles. The molecule has 0 fully saturated rings. The smallest absolute Gasteiger partial charge is 0.151 e. The van der Waals surface area contributed by atoms with E-state index in [0.29, 0.717) is 16.3 Å². The largest absolute Gasteiger partial charge is 0.298 e. The molecule has 0 aliphatic heterocycles. The average Bonchev–Trinajstić information content (AvgIpc) is 2.03. The minimum Gasteiger partial charge on any atom is -0.298 e. The number of halogens is 2. The van der Waals surface area contributed by atoms with Crippen molar-refractivity contribution >= 4 is 33.0 Å². The van der Waals surface area contributed by atoms with Gasteiger partial charge < -0.3 is 0 Å². The van der Waals surface area contributed by atoms with Gasteiger partial charge in [-0.15, -0.1) is 0 Å². The third-order valence-corrected chi connectivity index (χ3v) is 1.78. The summed E-state index contributed by atoms with van der Waals surface area (Å²) < 4.78 is 22.4. The molecule has 0 radical (unpaired) electrons. The first-order valence-corrected chi connectivity index (χ1v) is 6.38. The number of benzene rings is 1. The van der Waals surface area contributed by atoms with Crippen LogP contribution in [-0.2, 0) is 10.8 Å². The van der Waals surface area contributed by atoms with Crippen LogP contribution >= 0.6 is 15.9 Å². The highest BCUT2D eigenvalue weighted by atomic mass is 79.9. The molecule has 0 saturated heterocycles. The van der Waals surface area contributed by atoms with Gasteiger partial charge in [0.25, 0.3) is 0 Å². The second-order valence-corrected chi connectivity index (χ2v) is 4.86. The lowest BCUT2D eigenvalue weighted by Crippen LogP contribution is -1.82. The molecular formula is C9H10BrFO2S. The van der Waals surface area contributed by atoms with Crippen molar-refractivity contribution in [2.75, 3.05) is 12.5 Å². The zero-order valence-electron chi connectivity index (χ0n) is 7.79. The lowest BCUT2D eigenvalue weighted by atomic mass is 10.2. The van der Waals surface area contributed by atoms with Gasteiger partial charge in [-0.1, -0.05) is 0 Å². The van der Waals surface area contributed by atoms with E-state index < -0.39 is 10.8 Å². The van der Waals surface area contributed by atoms with Crippen molar-refractivity contribution in [1.82, 2.24) is 0 Å². The first kappa shape index (κ1) is 13.4. The van der Waals surface area contributed by atoms with Crippen LogP contribution in [0.2, 0.25) is 0 Å². The summed E-state index contributed by atoms with van der Waals surface area (Å²) in [7, 11) is -0.611. The predicted octanol–water partition coefficient (Wildman–Crippen LogP) is 2.40. The summed E-state index contributed by atoms with van der Waals surface area (Å²) in [5.74, 6) is -0.350. The van der Waals surface area contributed by atoms with E-state index in [9.17, 15) is 13.4 Å². The van der Waals surface area contributed by atoms with Crippen LogP contribution < -0.4 is 0 Å². The SMILES string of the molecule is CS(C)=O.O=Cc1ccc(F)cc1Br. The molecule has 1 aromatic rings. The van der Waals surface area contributed by atoms with E-state index >= 15 is 0 Å². The molecule has 14 heavy (non-hydrogen) atoms. The van der Waals surface area contributed by atoms with Gasteiger partial charge in [0, 0.05) is 33.3 Å². The summed E-state index contributed by atoms with van der Waals surface area (Å²) in [5.41, 5.74) is 0.460. The number of rotatable bonds is 1. The molecule has 0 saturated carbocycles. The van der Waals surface area contributed by atoms with Crippen molar-refractivity contribution in [1.29, 1.82) is 0 Å². The van der Waals surface area contributed by atoms with Crippen molar-refractivity contribution in [3.63, 3.8) is 0 Å². The lowest BCUT2D eigenvalue weighted by Gasteiger charge is -1.93. The first-order valence-electron chi connectivity index (χ1n) is 3.62. The molecule has 78 valence electrons. The van der Waals surface area contributed by atoms with Crippen molar-refractivity contribution < 1.29 is 13.4 Å². The molecule has 0 aliphatic rings. The number of aldehydes is 1. The number of hydrogen-bond donors (Lipinski definition) is 0. The van der Waals surface area contributed by atoms with Crippen molar-refractivity contribution in [3.8, 4) is 0 Å². The topological polar surface area (TPSA) is 34.1 Å². The quantitative estimate of drug-likeness (QED) is 0.741. The Balaban J connectivity index is 0.000000364. The molecule has 0 spiro atoms. The summed E-state index contributed by atoms with van der Waals surface area (Å²) >= 11 is 3.04. The molecule has 1 rings (SSSR count). The highest BCUT2D eigenvalue weighted by molar-refractivity contribution is 9.10. The van der Waals surface area contributed by atoms with Gasteiger partial charge in [0.1, 0.15) is 5.82 Å². The van der Waals surface area contributed by atoms with Gasteiger partial charge in [-0.3, -0.25) is 9.00 Å². The fraction of sp³-hybridized carbons (Fsp3) is 0.222. The third-order valence-electron chi connectivity index (χ3n) is 1.09. The Morgan fingerprint density at radius 1 is 1.43 bits per heavy atom. The first-order chi connectivity index (χ1) is 6.47. The summed E-state index contributed by atoms with van der Waals surface area (Å²) in [4.78, 5) is 10.2. The van der Waals surface area contributed by atoms with Crippen LogP contribution in [-0.4, -0.2) is 23.0 Å². The Labute approximate surface area is 93.1 Å². The zero-order chi connectivity index (χ0) is 11.1. The molecule has 0 bridgehead atoms. The molecule has 2 nitrogen and oxygen atoms in total. The average molecular weight is 281 g/mol. The Kier molecular flexibility index (Phi) is 6.57. The molecule has 0 amide bonds. The third kappa shape index (κ3) is 5.99. The number of hydrogen-bond acceptors (Lipinski definition) is 2. The van der Waals surface area contributed by atoms with E-state index in [-0.39, 0.29) is 5.82 Å². The molecule has 0 unspecified atom stereocenters. The van der Waals surface area contributed by atoms with Gasteiger partial charge in [0.15, 0.2) is 6.29 Å². The predicted molar refractivity (Wildman–Crippen MR) is 59.5 cm³/mol. The highest BCUT2D eigenvalue weighted by Gasteiger charge is 1.97. The van der Waals surface area contributed by atoms with Gasteiger partial charge in [-0.2, -0.15) is 0 Å². The Bertz CT molecular complexity index is 338. The fourth-order valence-electron chi connectivity index (χ4n) is 0.597. The Morgan fingerprint density at radius 2 is 1.93 bits per heavy atom. The Morgan fingerprint density at radius 3 is 2.29 bits per heavy atom. The van der Waals surface area contributed by atoms with E-state index in [1.54, 1.807) is 12.5 Å². The van der Waals surface area contributed by atoms with Crippen LogP contribution in [0.3, 0.4) is 0 Å².